The molecule has 0 radical (unpaired) electrons. The Labute approximate surface area is 132 Å². The quantitative estimate of drug-likeness (QED) is 0.480. The van der Waals surface area contributed by atoms with E-state index < -0.39 is 0 Å². The molecule has 1 fully saturated rings. The van der Waals surface area contributed by atoms with Crippen molar-refractivity contribution in [1.29, 1.82) is 0 Å². The smallest absolute Gasteiger partial charge is 0.292 e. The van der Waals surface area contributed by atoms with Gasteiger partial charge in [-0.1, -0.05) is 15.9 Å². The molecule has 1 aliphatic heterocycles. The molecule has 0 amide bonds. The van der Waals surface area contributed by atoms with Crippen LogP contribution >= 0.6 is 15.9 Å². The number of hydrogen-bond donors (Lipinski definition) is 1. The van der Waals surface area contributed by atoms with Crippen LogP contribution in [-0.2, 0) is 4.74 Å². The zero-order valence-corrected chi connectivity index (χ0v) is 13.4. The minimum absolute atomic E-state index is 0.153. The Hall–Kier alpha value is -1.18. The van der Waals surface area contributed by atoms with Crippen molar-refractivity contribution in [2.75, 3.05) is 31.1 Å². The predicted octanol–water partition coefficient (Wildman–Crippen LogP) is 2.69. The van der Waals surface area contributed by atoms with Gasteiger partial charge in [-0.3, -0.25) is 10.1 Å². The maximum atomic E-state index is 11.1. The Morgan fingerprint density at radius 2 is 2.14 bits per heavy atom. The topological polar surface area (TPSA) is 81.6 Å². The van der Waals surface area contributed by atoms with E-state index in [1.807, 2.05) is 6.07 Å². The first-order valence-electron chi connectivity index (χ1n) is 7.12. The molecule has 0 atom stereocenters. The highest BCUT2D eigenvalue weighted by atomic mass is 79.9. The molecule has 2 rings (SSSR count). The summed E-state index contributed by atoms with van der Waals surface area (Å²) in [6.45, 7) is 2.87. The number of halogens is 1. The number of piperidine rings is 1. The van der Waals surface area contributed by atoms with Crippen molar-refractivity contribution in [3.63, 3.8) is 0 Å². The highest BCUT2D eigenvalue weighted by Crippen LogP contribution is 2.33. The number of nitrogens with zero attached hydrogens (tertiary/aromatic N) is 2. The molecule has 7 heteroatoms. The van der Waals surface area contributed by atoms with Crippen molar-refractivity contribution < 1.29 is 9.66 Å². The summed E-state index contributed by atoms with van der Waals surface area (Å²) in [7, 11) is 0. The van der Waals surface area contributed by atoms with E-state index in [1.165, 1.54) is 0 Å². The van der Waals surface area contributed by atoms with E-state index in [4.69, 9.17) is 10.5 Å². The lowest BCUT2D eigenvalue weighted by Gasteiger charge is -2.33. The van der Waals surface area contributed by atoms with Gasteiger partial charge in [0.1, 0.15) is 5.69 Å². The number of nitrogens with two attached hydrogens (primary N) is 1. The third-order valence-corrected chi connectivity index (χ3v) is 4.11. The minimum Gasteiger partial charge on any atom is -0.378 e. The van der Waals surface area contributed by atoms with Gasteiger partial charge in [-0.15, -0.1) is 0 Å². The van der Waals surface area contributed by atoms with Crippen LogP contribution in [0.1, 0.15) is 19.3 Å². The molecule has 0 unspecified atom stereocenters. The Morgan fingerprint density at radius 1 is 1.43 bits per heavy atom. The second kappa shape index (κ2) is 7.72. The van der Waals surface area contributed by atoms with Crippen LogP contribution in [0.3, 0.4) is 0 Å². The predicted molar refractivity (Wildman–Crippen MR) is 85.7 cm³/mol. The molecule has 116 valence electrons. The zero-order chi connectivity index (χ0) is 15.2. The van der Waals surface area contributed by atoms with Crippen molar-refractivity contribution >= 4 is 27.3 Å². The molecule has 1 heterocycles. The summed E-state index contributed by atoms with van der Waals surface area (Å²) in [6, 6.07) is 5.06. The van der Waals surface area contributed by atoms with Crippen molar-refractivity contribution in [3.05, 3.63) is 32.8 Å². The van der Waals surface area contributed by atoms with Gasteiger partial charge in [-0.05, 0) is 37.9 Å². The van der Waals surface area contributed by atoms with Gasteiger partial charge in [-0.2, -0.15) is 0 Å². The number of hydrogen-bond acceptors (Lipinski definition) is 5. The zero-order valence-electron chi connectivity index (χ0n) is 11.8. The van der Waals surface area contributed by atoms with Gasteiger partial charge in [0.25, 0.3) is 5.69 Å². The minimum atomic E-state index is -0.328. The van der Waals surface area contributed by atoms with E-state index in [0.29, 0.717) is 18.8 Å². The van der Waals surface area contributed by atoms with E-state index in [9.17, 15) is 10.1 Å². The molecular formula is C14H20BrN3O3. The van der Waals surface area contributed by atoms with E-state index in [-0.39, 0.29) is 16.7 Å². The van der Waals surface area contributed by atoms with E-state index in [1.54, 1.807) is 12.1 Å². The molecule has 0 bridgehead atoms. The normalized spacial score (nSPS) is 16.2. The molecule has 0 spiro atoms. The number of benzene rings is 1. The van der Waals surface area contributed by atoms with Crippen LogP contribution in [0.2, 0.25) is 0 Å². The summed E-state index contributed by atoms with van der Waals surface area (Å²) in [5.41, 5.74) is 6.27. The van der Waals surface area contributed by atoms with Crippen LogP contribution in [0, 0.1) is 10.1 Å². The fourth-order valence-corrected chi connectivity index (χ4v) is 2.85. The molecule has 6 nitrogen and oxygen atoms in total. The van der Waals surface area contributed by atoms with Gasteiger partial charge in [-0.25, -0.2) is 0 Å². The fraction of sp³-hybridized carbons (Fsp3) is 0.571. The van der Waals surface area contributed by atoms with Crippen LogP contribution in [0.25, 0.3) is 0 Å². The van der Waals surface area contributed by atoms with Crippen LogP contribution in [0.5, 0.6) is 0 Å². The van der Waals surface area contributed by atoms with Gasteiger partial charge >= 0.3 is 0 Å². The van der Waals surface area contributed by atoms with Gasteiger partial charge in [0.05, 0.1) is 11.0 Å². The van der Waals surface area contributed by atoms with Crippen LogP contribution in [-0.4, -0.2) is 37.3 Å². The Kier molecular flexibility index (Phi) is 5.96. The molecule has 1 aliphatic rings. The fourth-order valence-electron chi connectivity index (χ4n) is 2.50. The molecule has 21 heavy (non-hydrogen) atoms. The second-order valence-electron chi connectivity index (χ2n) is 5.09. The number of nitro groups is 1. The summed E-state index contributed by atoms with van der Waals surface area (Å²) in [6.07, 6.45) is 2.87. The summed E-state index contributed by atoms with van der Waals surface area (Å²) in [4.78, 5) is 12.9. The van der Waals surface area contributed by atoms with E-state index in [2.05, 4.69) is 20.8 Å². The van der Waals surface area contributed by atoms with Gasteiger partial charge in [0.2, 0.25) is 0 Å². The lowest BCUT2D eigenvalue weighted by atomic mass is 10.1. The molecule has 0 aliphatic carbocycles. The van der Waals surface area contributed by atoms with E-state index >= 15 is 0 Å². The molecule has 1 aromatic rings. The summed E-state index contributed by atoms with van der Waals surface area (Å²) in [5.74, 6) is 0. The van der Waals surface area contributed by atoms with Crippen molar-refractivity contribution in [2.24, 2.45) is 5.73 Å². The summed E-state index contributed by atoms with van der Waals surface area (Å²) >= 11 is 3.38. The summed E-state index contributed by atoms with van der Waals surface area (Å²) < 4.78 is 6.61. The third-order valence-electron chi connectivity index (χ3n) is 3.62. The molecular weight excluding hydrogens is 338 g/mol. The maximum Gasteiger partial charge on any atom is 0.292 e. The Balaban J connectivity index is 1.99. The van der Waals surface area contributed by atoms with Crippen molar-refractivity contribution in [2.45, 2.75) is 25.4 Å². The SMILES string of the molecule is NCCCOC1CCN(c2cc(Br)ccc2[N+](=O)[O-])CC1. The monoisotopic (exact) mass is 357 g/mol. The third kappa shape index (κ3) is 4.39. The lowest BCUT2D eigenvalue weighted by molar-refractivity contribution is -0.384. The molecule has 0 aromatic heterocycles. The van der Waals surface area contributed by atoms with Crippen molar-refractivity contribution in [3.8, 4) is 0 Å². The second-order valence-corrected chi connectivity index (χ2v) is 6.01. The first kappa shape index (κ1) is 16.2. The van der Waals surface area contributed by atoms with Crippen LogP contribution < -0.4 is 10.6 Å². The Bertz CT molecular complexity index is 490. The summed E-state index contributed by atoms with van der Waals surface area (Å²) in [5, 5.41) is 11.1. The maximum absolute atomic E-state index is 11.1. The molecule has 0 saturated carbocycles. The Morgan fingerprint density at radius 3 is 2.76 bits per heavy atom. The first-order chi connectivity index (χ1) is 10.1. The average molecular weight is 358 g/mol. The average Bonchev–Trinajstić information content (AvgIpc) is 2.48. The largest absolute Gasteiger partial charge is 0.378 e. The molecule has 2 N–H and O–H groups in total. The van der Waals surface area contributed by atoms with E-state index in [0.717, 1.165) is 36.8 Å². The number of rotatable bonds is 6. The molecule has 1 saturated heterocycles. The molecule has 1 aromatic carbocycles. The van der Waals surface area contributed by atoms with Gasteiger partial charge < -0.3 is 15.4 Å². The number of nitro benzene ring substituents is 1. The van der Waals surface area contributed by atoms with Crippen LogP contribution in [0.15, 0.2) is 22.7 Å². The van der Waals surface area contributed by atoms with Gasteiger partial charge in [0.15, 0.2) is 0 Å². The lowest BCUT2D eigenvalue weighted by Crippen LogP contribution is -2.37. The standard InChI is InChI=1S/C14H20BrN3O3/c15-11-2-3-13(18(19)20)14(10-11)17-7-4-12(5-8-17)21-9-1-6-16/h2-3,10,12H,1,4-9,16H2. The number of ether oxygens (including phenoxy) is 1. The highest BCUT2D eigenvalue weighted by molar-refractivity contribution is 9.10. The highest BCUT2D eigenvalue weighted by Gasteiger charge is 2.25. The van der Waals surface area contributed by atoms with Gasteiger partial charge in [0, 0.05) is 30.2 Å². The van der Waals surface area contributed by atoms with Crippen molar-refractivity contribution in [1.82, 2.24) is 0 Å². The van der Waals surface area contributed by atoms with Crippen LogP contribution in [0.4, 0.5) is 11.4 Å². The first-order valence-corrected chi connectivity index (χ1v) is 7.91. The number of anilines is 1.